The molecule has 2 heterocycles. The summed E-state index contributed by atoms with van der Waals surface area (Å²) in [6.07, 6.45) is 3.40. The molecule has 0 spiro atoms. The summed E-state index contributed by atoms with van der Waals surface area (Å²) < 4.78 is 13.9. The van der Waals surface area contributed by atoms with E-state index in [1.807, 2.05) is 12.1 Å². The highest BCUT2D eigenvalue weighted by atomic mass is 35.5. The molecule has 0 N–H and O–H groups in total. The van der Waals surface area contributed by atoms with Crippen LogP contribution in [0.5, 0.6) is 0 Å². The molecule has 6 heteroatoms. The highest BCUT2D eigenvalue weighted by Gasteiger charge is 2.00. The van der Waals surface area contributed by atoms with Crippen molar-refractivity contribution in [2.24, 2.45) is 4.99 Å². The van der Waals surface area contributed by atoms with Crippen LogP contribution in [0, 0.1) is 0 Å². The Morgan fingerprint density at radius 1 is 1.37 bits per heavy atom. The lowest BCUT2D eigenvalue weighted by molar-refractivity contribution is -0.118. The Bertz CT molecular complexity index is 637. The summed E-state index contributed by atoms with van der Waals surface area (Å²) in [6, 6.07) is 8.71. The van der Waals surface area contributed by atoms with E-state index >= 15 is 0 Å². The first kappa shape index (κ1) is 13.4. The normalized spacial score (nSPS) is 11.6. The largest absolute Gasteiger partial charge is 0.328 e. The lowest BCUT2D eigenvalue weighted by Crippen LogP contribution is -2.22. The Morgan fingerprint density at radius 2 is 2.21 bits per heavy atom. The molecule has 0 saturated heterocycles. The molecule has 0 radical (unpaired) electrons. The smallest absolute Gasteiger partial charge is 0.278 e. The molecule has 0 fully saturated rings. The molecule has 0 unspecified atom stereocenters. The summed E-state index contributed by atoms with van der Waals surface area (Å²) in [4.78, 5) is 18.7. The van der Waals surface area contributed by atoms with Crippen molar-refractivity contribution in [2.45, 2.75) is 6.54 Å². The zero-order valence-electron chi connectivity index (χ0n) is 9.96. The average Bonchev–Trinajstić information content (AvgIpc) is 2.43. The van der Waals surface area contributed by atoms with Gasteiger partial charge in [-0.25, -0.2) is 9.37 Å². The van der Waals surface area contributed by atoms with Crippen LogP contribution in [0.1, 0.15) is 5.56 Å². The molecule has 4 nitrogen and oxygen atoms in total. The number of carbonyl (C=O) groups is 1. The van der Waals surface area contributed by atoms with Crippen molar-refractivity contribution in [2.75, 3.05) is 6.67 Å². The van der Waals surface area contributed by atoms with Gasteiger partial charge in [-0.3, -0.25) is 4.79 Å². The average molecular weight is 280 g/mol. The van der Waals surface area contributed by atoms with Crippen molar-refractivity contribution in [3.8, 4) is 0 Å². The molecule has 2 aromatic rings. The first-order valence-corrected chi connectivity index (χ1v) is 5.96. The Balaban J connectivity index is 2.32. The summed E-state index contributed by atoms with van der Waals surface area (Å²) in [5.74, 6) is -0.797. The molecule has 19 heavy (non-hydrogen) atoms. The molecule has 98 valence electrons. The van der Waals surface area contributed by atoms with Crippen LogP contribution < -0.4 is 5.49 Å². The monoisotopic (exact) mass is 279 g/mol. The van der Waals surface area contributed by atoms with Crippen molar-refractivity contribution in [1.29, 1.82) is 0 Å². The van der Waals surface area contributed by atoms with Crippen LogP contribution in [0.3, 0.4) is 0 Å². The van der Waals surface area contributed by atoms with Gasteiger partial charge in [0.2, 0.25) is 0 Å². The number of nitrogens with zero attached hydrogens (tertiary/aromatic N) is 3. The van der Waals surface area contributed by atoms with Gasteiger partial charge in [0.1, 0.15) is 10.6 Å². The maximum absolute atomic E-state index is 12.2. The maximum atomic E-state index is 12.2. The van der Waals surface area contributed by atoms with E-state index in [9.17, 15) is 9.18 Å². The van der Waals surface area contributed by atoms with Crippen LogP contribution in [0.15, 0.2) is 47.7 Å². The van der Waals surface area contributed by atoms with Gasteiger partial charge >= 0.3 is 0 Å². The molecule has 0 aromatic carbocycles. The van der Waals surface area contributed by atoms with Crippen molar-refractivity contribution >= 4 is 17.5 Å². The molecular weight excluding hydrogens is 269 g/mol. The number of amides is 1. The number of aromatic nitrogens is 2. The molecule has 0 atom stereocenters. The fraction of sp³-hybridized carbons (Fsp3) is 0.154. The summed E-state index contributed by atoms with van der Waals surface area (Å²) in [6.45, 7) is -0.624. The second kappa shape index (κ2) is 6.24. The van der Waals surface area contributed by atoms with Crippen molar-refractivity contribution < 1.29 is 9.18 Å². The SMILES string of the molecule is O=C(CF)N=c1ccccn1Cc1ccc(Cl)nc1. The Kier molecular flexibility index (Phi) is 4.41. The molecule has 2 rings (SSSR count). The number of hydrogen-bond acceptors (Lipinski definition) is 2. The van der Waals surface area contributed by atoms with Gasteiger partial charge in [-0.1, -0.05) is 23.7 Å². The van der Waals surface area contributed by atoms with Gasteiger partial charge < -0.3 is 4.57 Å². The van der Waals surface area contributed by atoms with E-state index in [-0.39, 0.29) is 0 Å². The highest BCUT2D eigenvalue weighted by Crippen LogP contribution is 2.05. The summed E-state index contributed by atoms with van der Waals surface area (Å²) in [7, 11) is 0. The van der Waals surface area contributed by atoms with Crippen LogP contribution in [-0.4, -0.2) is 22.1 Å². The summed E-state index contributed by atoms with van der Waals surface area (Å²) in [5, 5.41) is 0.416. The molecule has 0 aliphatic heterocycles. The second-order valence-corrected chi connectivity index (χ2v) is 4.20. The fourth-order valence-electron chi connectivity index (χ4n) is 1.56. The van der Waals surface area contributed by atoms with Crippen molar-refractivity contribution in [3.63, 3.8) is 0 Å². The number of hydrogen-bond donors (Lipinski definition) is 0. The number of rotatable bonds is 3. The molecule has 0 aliphatic rings. The molecule has 0 saturated carbocycles. The van der Waals surface area contributed by atoms with Crippen LogP contribution >= 0.6 is 11.6 Å². The van der Waals surface area contributed by atoms with Crippen LogP contribution in [0.4, 0.5) is 4.39 Å². The third kappa shape index (κ3) is 3.72. The summed E-state index contributed by atoms with van der Waals surface area (Å²) >= 11 is 5.71. The van der Waals surface area contributed by atoms with Crippen molar-refractivity contribution in [3.05, 3.63) is 58.9 Å². The lowest BCUT2D eigenvalue weighted by Gasteiger charge is -2.06. The van der Waals surface area contributed by atoms with Crippen LogP contribution in [-0.2, 0) is 11.3 Å². The second-order valence-electron chi connectivity index (χ2n) is 3.82. The predicted octanol–water partition coefficient (Wildman–Crippen LogP) is 1.98. The molecule has 0 bridgehead atoms. The maximum Gasteiger partial charge on any atom is 0.278 e. The van der Waals surface area contributed by atoms with E-state index < -0.39 is 12.6 Å². The minimum absolute atomic E-state index is 0.403. The lowest BCUT2D eigenvalue weighted by atomic mass is 10.3. The zero-order valence-corrected chi connectivity index (χ0v) is 10.7. The Hall–Kier alpha value is -2.01. The van der Waals surface area contributed by atoms with Gasteiger partial charge in [0.15, 0.2) is 6.67 Å². The van der Waals surface area contributed by atoms with Crippen molar-refractivity contribution in [1.82, 2.24) is 9.55 Å². The van der Waals surface area contributed by atoms with Gasteiger partial charge in [-0.2, -0.15) is 4.99 Å². The first-order chi connectivity index (χ1) is 9.19. The minimum atomic E-state index is -1.10. The van der Waals surface area contributed by atoms with Gasteiger partial charge in [-0.15, -0.1) is 0 Å². The number of halogens is 2. The van der Waals surface area contributed by atoms with E-state index in [2.05, 4.69) is 9.98 Å². The quantitative estimate of drug-likeness (QED) is 0.807. The van der Waals surface area contributed by atoms with E-state index in [1.165, 1.54) is 0 Å². The fourth-order valence-corrected chi connectivity index (χ4v) is 1.67. The van der Waals surface area contributed by atoms with Gasteiger partial charge in [0, 0.05) is 12.4 Å². The molecular formula is C13H11ClFN3O. The third-order valence-corrected chi connectivity index (χ3v) is 2.64. The van der Waals surface area contributed by atoms with E-state index in [4.69, 9.17) is 11.6 Å². The van der Waals surface area contributed by atoms with Crippen LogP contribution in [0.2, 0.25) is 5.15 Å². The topological polar surface area (TPSA) is 47.2 Å². The molecule has 2 aromatic heterocycles. The highest BCUT2D eigenvalue weighted by molar-refractivity contribution is 6.29. The van der Waals surface area contributed by atoms with Gasteiger partial charge in [-0.05, 0) is 23.8 Å². The summed E-state index contributed by atoms with van der Waals surface area (Å²) in [5.41, 5.74) is 1.31. The van der Waals surface area contributed by atoms with E-state index in [0.717, 1.165) is 5.56 Å². The Labute approximate surface area is 114 Å². The van der Waals surface area contributed by atoms with Gasteiger partial charge in [0.05, 0.1) is 6.54 Å². The van der Waals surface area contributed by atoms with Gasteiger partial charge in [0.25, 0.3) is 5.91 Å². The predicted molar refractivity (Wildman–Crippen MR) is 69.3 cm³/mol. The number of pyridine rings is 2. The van der Waals surface area contributed by atoms with E-state index in [1.54, 1.807) is 35.2 Å². The molecule has 1 amide bonds. The number of alkyl halides is 1. The Morgan fingerprint density at radius 3 is 2.89 bits per heavy atom. The van der Waals surface area contributed by atoms with E-state index in [0.29, 0.717) is 17.2 Å². The number of carbonyl (C=O) groups excluding carboxylic acids is 1. The standard InChI is InChI=1S/C13H11ClFN3O/c14-11-5-4-10(8-16-11)9-18-6-2-1-3-12(18)17-13(19)7-15/h1-6,8H,7,9H2. The first-order valence-electron chi connectivity index (χ1n) is 5.58. The zero-order chi connectivity index (χ0) is 13.7. The third-order valence-electron chi connectivity index (χ3n) is 2.41. The molecule has 0 aliphatic carbocycles. The van der Waals surface area contributed by atoms with Crippen LogP contribution in [0.25, 0.3) is 0 Å². The minimum Gasteiger partial charge on any atom is -0.328 e.